The second-order valence-corrected chi connectivity index (χ2v) is 6.31. The van der Waals surface area contributed by atoms with Gasteiger partial charge in [0, 0.05) is 42.1 Å². The minimum Gasteiger partial charge on any atom is -0.339 e. The summed E-state index contributed by atoms with van der Waals surface area (Å²) in [4.78, 5) is 28.0. The Kier molecular flexibility index (Phi) is 3.78. The Bertz CT molecular complexity index is 517. The van der Waals surface area contributed by atoms with Crippen LogP contribution in [0.5, 0.6) is 0 Å². The van der Waals surface area contributed by atoms with Crippen LogP contribution in [0.3, 0.4) is 0 Å². The maximum absolute atomic E-state index is 12.3. The minimum atomic E-state index is 0.0519. The molecule has 1 aliphatic carbocycles. The largest absolute Gasteiger partial charge is 0.339 e. The van der Waals surface area contributed by atoms with Crippen LogP contribution in [0.4, 0.5) is 0 Å². The fourth-order valence-corrected chi connectivity index (χ4v) is 2.76. The van der Waals surface area contributed by atoms with E-state index in [-0.39, 0.29) is 17.7 Å². The summed E-state index contributed by atoms with van der Waals surface area (Å²) >= 11 is 3.36. The molecule has 0 atom stereocenters. The highest BCUT2D eigenvalue weighted by Crippen LogP contribution is 2.31. The third kappa shape index (κ3) is 2.87. The van der Waals surface area contributed by atoms with E-state index in [1.165, 1.54) is 0 Å². The molecule has 1 aliphatic heterocycles. The first-order chi connectivity index (χ1) is 9.65. The van der Waals surface area contributed by atoms with E-state index >= 15 is 0 Å². The smallest absolute Gasteiger partial charge is 0.253 e. The first kappa shape index (κ1) is 13.6. The summed E-state index contributed by atoms with van der Waals surface area (Å²) in [5.41, 5.74) is 0.704. The van der Waals surface area contributed by atoms with Crippen molar-refractivity contribution in [1.29, 1.82) is 0 Å². The predicted octanol–water partition coefficient (Wildman–Crippen LogP) is 2.14. The Morgan fingerprint density at radius 1 is 0.950 bits per heavy atom. The molecule has 3 rings (SSSR count). The lowest BCUT2D eigenvalue weighted by atomic mass is 10.2. The van der Waals surface area contributed by atoms with Gasteiger partial charge in [0.2, 0.25) is 5.91 Å². The van der Waals surface area contributed by atoms with Crippen LogP contribution in [0.2, 0.25) is 0 Å². The fraction of sp³-hybridized carbons (Fsp3) is 0.467. The third-order valence-electron chi connectivity index (χ3n) is 3.90. The molecule has 0 N–H and O–H groups in total. The Labute approximate surface area is 126 Å². The molecule has 1 heterocycles. The van der Waals surface area contributed by atoms with Gasteiger partial charge in [0.15, 0.2) is 0 Å². The second kappa shape index (κ2) is 5.56. The molecule has 106 valence electrons. The highest BCUT2D eigenvalue weighted by Gasteiger charge is 2.35. The van der Waals surface area contributed by atoms with Crippen molar-refractivity contribution in [3.8, 4) is 0 Å². The molecule has 4 nitrogen and oxygen atoms in total. The molecule has 1 aromatic rings. The van der Waals surface area contributed by atoms with Gasteiger partial charge in [0.25, 0.3) is 5.91 Å². The summed E-state index contributed by atoms with van der Waals surface area (Å²) in [6.07, 6.45) is 2.08. The van der Waals surface area contributed by atoms with Gasteiger partial charge in [-0.15, -0.1) is 0 Å². The molecule has 0 aromatic heterocycles. The Balaban J connectivity index is 1.58. The average Bonchev–Trinajstić information content (AvgIpc) is 3.31. The summed E-state index contributed by atoms with van der Waals surface area (Å²) in [5, 5.41) is 0. The molecular formula is C15H17BrN2O2. The van der Waals surface area contributed by atoms with Gasteiger partial charge in [-0.05, 0) is 37.1 Å². The summed E-state index contributed by atoms with van der Waals surface area (Å²) < 4.78 is 0.967. The summed E-state index contributed by atoms with van der Waals surface area (Å²) in [6.45, 7) is 2.59. The first-order valence-corrected chi connectivity index (χ1v) is 7.78. The van der Waals surface area contributed by atoms with Crippen LogP contribution in [-0.2, 0) is 4.79 Å². The second-order valence-electron chi connectivity index (χ2n) is 5.40. The lowest BCUT2D eigenvalue weighted by molar-refractivity contribution is -0.134. The predicted molar refractivity (Wildman–Crippen MR) is 79.3 cm³/mol. The normalized spacial score (nSPS) is 19.1. The van der Waals surface area contributed by atoms with Crippen LogP contribution in [-0.4, -0.2) is 47.8 Å². The molecule has 0 unspecified atom stereocenters. The number of hydrogen-bond acceptors (Lipinski definition) is 2. The molecule has 2 aliphatic rings. The lowest BCUT2D eigenvalue weighted by Gasteiger charge is -2.35. The Morgan fingerprint density at radius 3 is 2.05 bits per heavy atom. The highest BCUT2D eigenvalue weighted by atomic mass is 79.9. The average molecular weight is 337 g/mol. The van der Waals surface area contributed by atoms with E-state index in [9.17, 15) is 9.59 Å². The van der Waals surface area contributed by atoms with Gasteiger partial charge in [-0.3, -0.25) is 9.59 Å². The Morgan fingerprint density at radius 2 is 1.50 bits per heavy atom. The summed E-state index contributed by atoms with van der Waals surface area (Å²) in [7, 11) is 0. The van der Waals surface area contributed by atoms with Crippen molar-refractivity contribution in [2.24, 2.45) is 5.92 Å². The summed E-state index contributed by atoms with van der Waals surface area (Å²) in [6, 6.07) is 7.41. The van der Waals surface area contributed by atoms with E-state index in [1.807, 2.05) is 34.1 Å². The number of nitrogens with zero attached hydrogens (tertiary/aromatic N) is 2. The molecule has 2 amide bonds. The molecular weight excluding hydrogens is 320 g/mol. The number of carbonyl (C=O) groups is 2. The number of piperazine rings is 1. The SMILES string of the molecule is O=C(c1ccc(Br)cc1)N1CCN(C(=O)C2CC2)CC1. The van der Waals surface area contributed by atoms with Crippen molar-refractivity contribution in [3.05, 3.63) is 34.3 Å². The van der Waals surface area contributed by atoms with Crippen LogP contribution < -0.4 is 0 Å². The maximum Gasteiger partial charge on any atom is 0.253 e. The number of rotatable bonds is 2. The third-order valence-corrected chi connectivity index (χ3v) is 4.42. The van der Waals surface area contributed by atoms with Crippen molar-refractivity contribution >= 4 is 27.7 Å². The van der Waals surface area contributed by atoms with Crippen LogP contribution in [0, 0.1) is 5.92 Å². The van der Waals surface area contributed by atoms with E-state index in [0.717, 1.165) is 17.3 Å². The topological polar surface area (TPSA) is 40.6 Å². The molecule has 0 bridgehead atoms. The van der Waals surface area contributed by atoms with E-state index < -0.39 is 0 Å². The van der Waals surface area contributed by atoms with Gasteiger partial charge < -0.3 is 9.80 Å². The van der Waals surface area contributed by atoms with E-state index in [1.54, 1.807) is 0 Å². The number of hydrogen-bond donors (Lipinski definition) is 0. The van der Waals surface area contributed by atoms with Crippen molar-refractivity contribution in [2.45, 2.75) is 12.8 Å². The zero-order chi connectivity index (χ0) is 14.1. The van der Waals surface area contributed by atoms with Crippen LogP contribution >= 0.6 is 15.9 Å². The van der Waals surface area contributed by atoms with E-state index in [2.05, 4.69) is 15.9 Å². The number of benzene rings is 1. The van der Waals surface area contributed by atoms with Crippen LogP contribution in [0.15, 0.2) is 28.7 Å². The highest BCUT2D eigenvalue weighted by molar-refractivity contribution is 9.10. The standard InChI is InChI=1S/C15H17BrN2O2/c16-13-5-3-12(4-6-13)15(20)18-9-7-17(8-10-18)14(19)11-1-2-11/h3-6,11H,1-2,7-10H2. The maximum atomic E-state index is 12.3. The summed E-state index contributed by atoms with van der Waals surface area (Å²) in [5.74, 6) is 0.598. The van der Waals surface area contributed by atoms with Crippen LogP contribution in [0.25, 0.3) is 0 Å². The Hall–Kier alpha value is -1.36. The van der Waals surface area contributed by atoms with Gasteiger partial charge in [-0.2, -0.15) is 0 Å². The number of carbonyl (C=O) groups excluding carboxylic acids is 2. The van der Waals surface area contributed by atoms with E-state index in [0.29, 0.717) is 31.7 Å². The van der Waals surface area contributed by atoms with Gasteiger partial charge in [0.05, 0.1) is 0 Å². The van der Waals surface area contributed by atoms with Gasteiger partial charge in [-0.1, -0.05) is 15.9 Å². The molecule has 0 spiro atoms. The van der Waals surface area contributed by atoms with Gasteiger partial charge in [-0.25, -0.2) is 0 Å². The van der Waals surface area contributed by atoms with Crippen molar-refractivity contribution < 1.29 is 9.59 Å². The zero-order valence-electron chi connectivity index (χ0n) is 11.2. The molecule has 5 heteroatoms. The fourth-order valence-electron chi connectivity index (χ4n) is 2.49. The van der Waals surface area contributed by atoms with Crippen molar-refractivity contribution in [1.82, 2.24) is 9.80 Å². The van der Waals surface area contributed by atoms with Gasteiger partial charge >= 0.3 is 0 Å². The monoisotopic (exact) mass is 336 g/mol. The zero-order valence-corrected chi connectivity index (χ0v) is 12.8. The molecule has 1 saturated carbocycles. The van der Waals surface area contributed by atoms with Crippen molar-refractivity contribution in [2.75, 3.05) is 26.2 Å². The van der Waals surface area contributed by atoms with E-state index in [4.69, 9.17) is 0 Å². The molecule has 20 heavy (non-hydrogen) atoms. The minimum absolute atomic E-state index is 0.0519. The van der Waals surface area contributed by atoms with Crippen LogP contribution in [0.1, 0.15) is 23.2 Å². The van der Waals surface area contributed by atoms with Gasteiger partial charge in [0.1, 0.15) is 0 Å². The molecule has 2 fully saturated rings. The number of halogens is 1. The molecule has 1 saturated heterocycles. The first-order valence-electron chi connectivity index (χ1n) is 6.99. The molecule has 0 radical (unpaired) electrons. The lowest BCUT2D eigenvalue weighted by Crippen LogP contribution is -2.51. The number of amides is 2. The molecule has 1 aromatic carbocycles. The van der Waals surface area contributed by atoms with Crippen molar-refractivity contribution in [3.63, 3.8) is 0 Å². The quantitative estimate of drug-likeness (QED) is 0.830.